The van der Waals surface area contributed by atoms with Gasteiger partial charge < -0.3 is 0 Å². The number of benzene rings is 2. The van der Waals surface area contributed by atoms with Crippen LogP contribution < -0.4 is 0 Å². The number of allylic oxidation sites excluding steroid dienone is 1. The standard InChI is InChI=1S/C19H19.2ClH.Zr/c1-13(2)15-7-9-16(10-8-15)18-6-4-5-17-11-14(3)12-19(17)18;;;/h4-13H,1-3H3;2*1H;. The topological polar surface area (TPSA) is 0 Å². The Balaban J connectivity index is 0.00000121. The molecular formula is C19H21Cl2Zr. The monoisotopic (exact) mass is 409 g/mol. The van der Waals surface area contributed by atoms with E-state index in [-0.39, 0.29) is 24.8 Å². The van der Waals surface area contributed by atoms with E-state index in [1.807, 2.05) is 0 Å². The van der Waals surface area contributed by atoms with Crippen molar-refractivity contribution in [3.05, 3.63) is 64.7 Å². The summed E-state index contributed by atoms with van der Waals surface area (Å²) < 4.78 is 0.645. The first kappa shape index (κ1) is 19.7. The van der Waals surface area contributed by atoms with E-state index in [0.29, 0.717) is 9.54 Å². The summed E-state index contributed by atoms with van der Waals surface area (Å²) >= 11 is 1.59. The maximum atomic E-state index is 2.38. The number of fused-ring (bicyclic) bond motifs is 1. The zero-order chi connectivity index (χ0) is 14.3. The molecule has 2 aromatic rings. The molecule has 0 amide bonds. The summed E-state index contributed by atoms with van der Waals surface area (Å²) in [7, 11) is 0. The molecule has 0 spiro atoms. The molecule has 1 aliphatic rings. The van der Waals surface area contributed by atoms with Crippen LogP contribution in [0.4, 0.5) is 0 Å². The summed E-state index contributed by atoms with van der Waals surface area (Å²) in [6.45, 7) is 6.74. The van der Waals surface area contributed by atoms with Gasteiger partial charge in [0.2, 0.25) is 0 Å². The largest absolute Gasteiger partial charge is 0.147 e. The first-order valence-corrected chi connectivity index (χ1v) is 8.62. The maximum Gasteiger partial charge on any atom is -0.147 e. The molecule has 3 rings (SSSR count). The molecule has 0 aliphatic heterocycles. The average molecular weight is 412 g/mol. The zero-order valence-electron chi connectivity index (χ0n) is 13.1. The molecule has 1 atom stereocenters. The van der Waals surface area contributed by atoms with Crippen LogP contribution >= 0.6 is 24.8 Å². The minimum atomic E-state index is 0. The average Bonchev–Trinajstić information content (AvgIpc) is 2.74. The maximum absolute atomic E-state index is 2.38. The minimum Gasteiger partial charge on any atom is -0.147 e. The molecule has 0 N–H and O–H groups in total. The normalized spacial score (nSPS) is 15.6. The number of hydrogen-bond donors (Lipinski definition) is 0. The van der Waals surface area contributed by atoms with Crippen LogP contribution in [0.2, 0.25) is 0 Å². The van der Waals surface area contributed by atoms with Crippen LogP contribution in [0, 0.1) is 0 Å². The number of hydrogen-bond acceptors (Lipinski definition) is 0. The molecule has 0 radical (unpaired) electrons. The molecule has 2 aromatic carbocycles. The van der Waals surface area contributed by atoms with Gasteiger partial charge in [-0.25, -0.2) is 0 Å². The molecule has 115 valence electrons. The van der Waals surface area contributed by atoms with Gasteiger partial charge in [-0.05, 0) is 0 Å². The first-order valence-electron chi connectivity index (χ1n) is 7.20. The summed E-state index contributed by atoms with van der Waals surface area (Å²) in [6, 6.07) is 15.8. The van der Waals surface area contributed by atoms with Gasteiger partial charge in [-0.2, -0.15) is 0 Å². The molecule has 0 aromatic heterocycles. The van der Waals surface area contributed by atoms with Gasteiger partial charge in [0.05, 0.1) is 0 Å². The summed E-state index contributed by atoms with van der Waals surface area (Å²) in [4.78, 5) is 0. The zero-order valence-corrected chi connectivity index (χ0v) is 17.2. The van der Waals surface area contributed by atoms with E-state index in [0.717, 1.165) is 0 Å². The predicted octanol–water partition coefficient (Wildman–Crippen LogP) is 6.33. The molecule has 1 unspecified atom stereocenters. The Bertz CT molecular complexity index is 672. The van der Waals surface area contributed by atoms with Gasteiger partial charge in [-0.15, -0.1) is 24.8 Å². The van der Waals surface area contributed by atoms with Gasteiger partial charge in [-0.1, -0.05) is 0 Å². The Hall–Kier alpha value is -0.357. The van der Waals surface area contributed by atoms with E-state index in [1.54, 1.807) is 24.7 Å². The molecular weight excluding hydrogens is 390 g/mol. The number of rotatable bonds is 2. The SMILES string of the molecule is CC1=Cc2c(-c3ccc(C(C)C)cc3)cccc2[CH]1[Zr].Cl.Cl. The van der Waals surface area contributed by atoms with Crippen LogP contribution in [0.1, 0.15) is 47.0 Å². The third-order valence-corrected chi connectivity index (χ3v) is 6.05. The van der Waals surface area contributed by atoms with E-state index in [4.69, 9.17) is 0 Å². The summed E-state index contributed by atoms with van der Waals surface area (Å²) in [5, 5.41) is 0. The quantitative estimate of drug-likeness (QED) is 0.542. The third kappa shape index (κ3) is 3.58. The van der Waals surface area contributed by atoms with Crippen molar-refractivity contribution in [2.45, 2.75) is 30.3 Å². The molecule has 0 saturated heterocycles. The Morgan fingerprint density at radius 3 is 2.18 bits per heavy atom. The molecule has 0 nitrogen and oxygen atoms in total. The van der Waals surface area contributed by atoms with Crippen molar-refractivity contribution in [2.24, 2.45) is 0 Å². The Labute approximate surface area is 161 Å². The van der Waals surface area contributed by atoms with E-state index in [9.17, 15) is 0 Å². The van der Waals surface area contributed by atoms with Crippen LogP contribution in [0.3, 0.4) is 0 Å². The minimum absolute atomic E-state index is 0. The van der Waals surface area contributed by atoms with Crippen molar-refractivity contribution >= 4 is 30.9 Å². The summed E-state index contributed by atoms with van der Waals surface area (Å²) in [6.07, 6.45) is 2.38. The summed E-state index contributed by atoms with van der Waals surface area (Å²) in [5.41, 5.74) is 8.56. The molecule has 3 heteroatoms. The van der Waals surface area contributed by atoms with Crippen LogP contribution in [0.5, 0.6) is 0 Å². The number of halogens is 2. The Morgan fingerprint density at radius 2 is 1.59 bits per heavy atom. The van der Waals surface area contributed by atoms with Crippen molar-refractivity contribution in [1.82, 2.24) is 0 Å². The third-order valence-electron chi connectivity index (χ3n) is 4.17. The van der Waals surface area contributed by atoms with Gasteiger partial charge >= 0.3 is 137 Å². The van der Waals surface area contributed by atoms with Crippen LogP contribution in [0.15, 0.2) is 48.0 Å². The van der Waals surface area contributed by atoms with Crippen molar-refractivity contribution in [3.63, 3.8) is 0 Å². The smallest absolute Gasteiger partial charge is 0.147 e. The predicted molar refractivity (Wildman–Crippen MR) is 96.9 cm³/mol. The van der Waals surface area contributed by atoms with Crippen LogP contribution in [-0.2, 0) is 24.7 Å². The van der Waals surface area contributed by atoms with Crippen LogP contribution in [-0.4, -0.2) is 0 Å². The second-order valence-corrected chi connectivity index (χ2v) is 7.33. The molecule has 0 heterocycles. The van der Waals surface area contributed by atoms with Crippen LogP contribution in [0.25, 0.3) is 17.2 Å². The van der Waals surface area contributed by atoms with Gasteiger partial charge in [0.1, 0.15) is 0 Å². The molecule has 0 bridgehead atoms. The summed E-state index contributed by atoms with van der Waals surface area (Å²) in [5.74, 6) is 0.594. The molecule has 0 saturated carbocycles. The molecule has 22 heavy (non-hydrogen) atoms. The fourth-order valence-electron chi connectivity index (χ4n) is 2.85. The van der Waals surface area contributed by atoms with Crippen molar-refractivity contribution in [3.8, 4) is 11.1 Å². The molecule has 0 fully saturated rings. The van der Waals surface area contributed by atoms with E-state index < -0.39 is 0 Å². The second-order valence-electron chi connectivity index (χ2n) is 5.91. The molecule has 1 aliphatic carbocycles. The fraction of sp³-hybridized carbons (Fsp3) is 0.263. The van der Waals surface area contributed by atoms with E-state index >= 15 is 0 Å². The van der Waals surface area contributed by atoms with Crippen molar-refractivity contribution < 1.29 is 24.7 Å². The van der Waals surface area contributed by atoms with Gasteiger partial charge in [0, 0.05) is 0 Å². The van der Waals surface area contributed by atoms with Gasteiger partial charge in [-0.3, -0.25) is 0 Å². The van der Waals surface area contributed by atoms with Gasteiger partial charge in [0.15, 0.2) is 0 Å². The van der Waals surface area contributed by atoms with E-state index in [2.05, 4.69) is 69.3 Å². The van der Waals surface area contributed by atoms with E-state index in [1.165, 1.54) is 33.4 Å². The Kier molecular flexibility index (Phi) is 7.12. The van der Waals surface area contributed by atoms with Crippen molar-refractivity contribution in [1.29, 1.82) is 0 Å². The Morgan fingerprint density at radius 1 is 0.955 bits per heavy atom. The van der Waals surface area contributed by atoms with Crippen molar-refractivity contribution in [2.75, 3.05) is 0 Å². The fourth-order valence-corrected chi connectivity index (χ4v) is 3.68. The second kappa shape index (κ2) is 7.95. The van der Waals surface area contributed by atoms with Gasteiger partial charge in [0.25, 0.3) is 0 Å². The first-order chi connectivity index (χ1) is 9.58.